The van der Waals surface area contributed by atoms with Crippen LogP contribution < -0.4 is 9.04 Å². The lowest BCUT2D eigenvalue weighted by atomic mass is 9.85. The predicted molar refractivity (Wildman–Crippen MR) is 135 cm³/mol. The van der Waals surface area contributed by atoms with Crippen LogP contribution in [0.1, 0.15) is 66.4 Å². The first kappa shape index (κ1) is 23.9. The molecule has 3 aliphatic heterocycles. The van der Waals surface area contributed by atoms with Crippen LogP contribution in [0.25, 0.3) is 0 Å². The highest BCUT2D eigenvalue weighted by Crippen LogP contribution is 2.56. The summed E-state index contributed by atoms with van der Waals surface area (Å²) >= 11 is -2.58. The number of halogens is 1. The molecule has 0 amide bonds. The van der Waals surface area contributed by atoms with E-state index in [4.69, 9.17) is 4.74 Å². The molecule has 1 saturated carbocycles. The van der Waals surface area contributed by atoms with Gasteiger partial charge in [-0.15, -0.1) is 0 Å². The standard InChI is InChI=1S/C27H31FN2O5S/c1-2-29-19-4-5-20(29)11-15(10-19)9-16-12-18(28)3-7-23(16)30(36(33)34)24-8-6-21-22-13-17(22)14-35-26(21)25(24)27(31)32/h3,6-8,12,15,17,19-20,22H,2,4-5,9-11,13-14H2,1H3,(H,31,32)(H,33,34)/t15?,17-,19?,20?,22-/m0/s1. The SMILES string of the molecule is CCN1C2CCC1CC(Cc1cc(F)ccc1N(c1ccc3c(c1C(=O)O)OC[C@@H]1C[C@H]31)S(=O)O)C2. The minimum absolute atomic E-state index is 0.0786. The van der Waals surface area contributed by atoms with Crippen molar-refractivity contribution in [2.75, 3.05) is 17.5 Å². The number of aromatic carboxylic acids is 1. The van der Waals surface area contributed by atoms with Gasteiger partial charge in [0.2, 0.25) is 0 Å². The van der Waals surface area contributed by atoms with Crippen molar-refractivity contribution in [3.05, 3.63) is 52.8 Å². The number of anilines is 2. The zero-order valence-electron chi connectivity index (χ0n) is 20.2. The number of nitrogens with zero attached hydrogens (tertiary/aromatic N) is 2. The molecule has 4 aliphatic rings. The minimum Gasteiger partial charge on any atom is -0.492 e. The van der Waals surface area contributed by atoms with E-state index in [9.17, 15) is 23.1 Å². The number of benzene rings is 2. The lowest BCUT2D eigenvalue weighted by Gasteiger charge is -2.38. The quantitative estimate of drug-likeness (QED) is 0.500. The second-order valence-electron chi connectivity index (χ2n) is 10.7. The smallest absolute Gasteiger partial charge is 0.341 e. The Hall–Kier alpha value is -2.49. The number of hydrogen-bond acceptors (Lipinski definition) is 4. The van der Waals surface area contributed by atoms with Gasteiger partial charge in [-0.05, 0) is 92.3 Å². The van der Waals surface area contributed by atoms with E-state index in [2.05, 4.69) is 11.8 Å². The molecule has 2 aromatic rings. The summed E-state index contributed by atoms with van der Waals surface area (Å²) < 4.78 is 44.6. The van der Waals surface area contributed by atoms with E-state index >= 15 is 0 Å². The summed E-state index contributed by atoms with van der Waals surface area (Å²) in [5.41, 5.74) is 1.77. The molecule has 5 atom stereocenters. The van der Waals surface area contributed by atoms with Gasteiger partial charge in [0, 0.05) is 18.0 Å². The molecule has 3 fully saturated rings. The lowest BCUT2D eigenvalue weighted by molar-refractivity contribution is 0.0692. The van der Waals surface area contributed by atoms with Crippen molar-refractivity contribution in [1.29, 1.82) is 0 Å². The molecule has 2 saturated heterocycles. The van der Waals surface area contributed by atoms with E-state index in [1.54, 1.807) is 6.07 Å². The van der Waals surface area contributed by atoms with Crippen LogP contribution in [0.4, 0.5) is 15.8 Å². The van der Waals surface area contributed by atoms with Crippen LogP contribution in [0.15, 0.2) is 30.3 Å². The number of carboxylic acids is 1. The fraction of sp³-hybridized carbons (Fsp3) is 0.519. The van der Waals surface area contributed by atoms with Gasteiger partial charge in [-0.2, -0.15) is 0 Å². The van der Waals surface area contributed by atoms with E-state index in [-0.39, 0.29) is 22.9 Å². The van der Waals surface area contributed by atoms with Gasteiger partial charge in [-0.25, -0.2) is 17.7 Å². The molecular weight excluding hydrogens is 483 g/mol. The van der Waals surface area contributed by atoms with Crippen molar-refractivity contribution in [2.45, 2.75) is 63.5 Å². The number of ether oxygens (including phenoxy) is 1. The number of hydrogen-bond donors (Lipinski definition) is 2. The Balaban J connectivity index is 1.39. The van der Waals surface area contributed by atoms with Crippen LogP contribution in [-0.2, 0) is 17.7 Å². The Morgan fingerprint density at radius 1 is 1.17 bits per heavy atom. The van der Waals surface area contributed by atoms with Crippen LogP contribution in [0.2, 0.25) is 0 Å². The molecule has 6 rings (SSSR count). The zero-order valence-corrected chi connectivity index (χ0v) is 21.0. The van der Waals surface area contributed by atoms with Gasteiger partial charge < -0.3 is 9.84 Å². The van der Waals surface area contributed by atoms with Crippen LogP contribution >= 0.6 is 0 Å². The van der Waals surface area contributed by atoms with Crippen molar-refractivity contribution in [1.82, 2.24) is 4.90 Å². The Morgan fingerprint density at radius 2 is 1.89 bits per heavy atom. The Bertz CT molecular complexity index is 1220. The fourth-order valence-electron chi connectivity index (χ4n) is 7.01. The van der Waals surface area contributed by atoms with E-state index < -0.39 is 23.1 Å². The normalized spacial score (nSPS) is 29.1. The second kappa shape index (κ2) is 9.11. The van der Waals surface area contributed by atoms with Gasteiger partial charge in [-0.3, -0.25) is 9.45 Å². The predicted octanol–water partition coefficient (Wildman–Crippen LogP) is 5.10. The van der Waals surface area contributed by atoms with E-state index in [0.29, 0.717) is 48.2 Å². The fourth-order valence-corrected chi connectivity index (χ4v) is 7.68. The first-order valence-electron chi connectivity index (χ1n) is 12.8. The molecule has 2 aromatic carbocycles. The highest BCUT2D eigenvalue weighted by Gasteiger charge is 2.46. The number of fused-ring (bicyclic) bond motifs is 5. The molecule has 0 radical (unpaired) electrons. The van der Waals surface area contributed by atoms with Crippen molar-refractivity contribution in [2.24, 2.45) is 11.8 Å². The maximum atomic E-state index is 14.5. The second-order valence-corrected chi connectivity index (χ2v) is 11.5. The molecule has 1 aliphatic carbocycles. The zero-order chi connectivity index (χ0) is 25.1. The minimum atomic E-state index is -2.58. The summed E-state index contributed by atoms with van der Waals surface area (Å²) in [4.78, 5) is 15.0. The Kier molecular flexibility index (Phi) is 6.05. The van der Waals surface area contributed by atoms with Crippen LogP contribution in [0.3, 0.4) is 0 Å². The summed E-state index contributed by atoms with van der Waals surface area (Å²) in [7, 11) is 0. The third kappa shape index (κ3) is 4.01. The van der Waals surface area contributed by atoms with Crippen molar-refractivity contribution in [3.8, 4) is 5.75 Å². The highest BCUT2D eigenvalue weighted by molar-refractivity contribution is 7.81. The molecule has 0 spiro atoms. The molecular formula is C27H31FN2O5S. The number of carboxylic acid groups (broad SMARTS) is 1. The van der Waals surface area contributed by atoms with Crippen molar-refractivity contribution >= 4 is 28.6 Å². The molecule has 36 heavy (non-hydrogen) atoms. The van der Waals surface area contributed by atoms with E-state index in [1.165, 1.54) is 31.0 Å². The summed E-state index contributed by atoms with van der Waals surface area (Å²) in [5, 5.41) is 10.1. The summed E-state index contributed by atoms with van der Waals surface area (Å²) in [6.07, 6.45) is 5.91. The van der Waals surface area contributed by atoms with Gasteiger partial charge in [0.25, 0.3) is 11.3 Å². The first-order chi connectivity index (χ1) is 17.4. The van der Waals surface area contributed by atoms with Crippen molar-refractivity contribution < 1.29 is 27.8 Å². The number of carbonyl (C=O) groups is 1. The lowest BCUT2D eigenvalue weighted by Crippen LogP contribution is -2.43. The first-order valence-corrected chi connectivity index (χ1v) is 13.9. The molecule has 3 heterocycles. The third-order valence-corrected chi connectivity index (χ3v) is 9.34. The number of piperidine rings is 1. The Morgan fingerprint density at radius 3 is 2.56 bits per heavy atom. The summed E-state index contributed by atoms with van der Waals surface area (Å²) in [6, 6.07) is 8.62. The van der Waals surface area contributed by atoms with Gasteiger partial charge in [0.1, 0.15) is 17.1 Å². The monoisotopic (exact) mass is 514 g/mol. The molecule has 3 unspecified atom stereocenters. The van der Waals surface area contributed by atoms with Crippen LogP contribution in [0, 0.1) is 17.7 Å². The largest absolute Gasteiger partial charge is 0.492 e. The molecule has 192 valence electrons. The van der Waals surface area contributed by atoms with E-state index in [0.717, 1.165) is 35.7 Å². The summed E-state index contributed by atoms with van der Waals surface area (Å²) in [5.74, 6) is -0.341. The van der Waals surface area contributed by atoms with Crippen LogP contribution in [0.5, 0.6) is 5.75 Å². The molecule has 2 N–H and O–H groups in total. The molecule has 2 bridgehead atoms. The topological polar surface area (TPSA) is 90.3 Å². The molecule has 9 heteroatoms. The van der Waals surface area contributed by atoms with Gasteiger partial charge >= 0.3 is 5.97 Å². The molecule has 0 aromatic heterocycles. The van der Waals surface area contributed by atoms with Crippen LogP contribution in [-0.4, -0.2) is 50.0 Å². The van der Waals surface area contributed by atoms with Crippen molar-refractivity contribution in [3.63, 3.8) is 0 Å². The van der Waals surface area contributed by atoms with Gasteiger partial charge in [0.15, 0.2) is 0 Å². The average molecular weight is 515 g/mol. The van der Waals surface area contributed by atoms with Gasteiger partial charge in [-0.1, -0.05) is 13.0 Å². The average Bonchev–Trinajstić information content (AvgIpc) is 3.59. The highest BCUT2D eigenvalue weighted by atomic mass is 32.2. The van der Waals surface area contributed by atoms with E-state index in [1.807, 2.05) is 6.07 Å². The number of rotatable bonds is 7. The maximum Gasteiger partial charge on any atom is 0.341 e. The molecule has 7 nitrogen and oxygen atoms in total. The van der Waals surface area contributed by atoms with Gasteiger partial charge in [0.05, 0.1) is 18.0 Å². The Labute approximate surface area is 212 Å². The summed E-state index contributed by atoms with van der Waals surface area (Å²) in [6.45, 7) is 3.67. The maximum absolute atomic E-state index is 14.5. The third-order valence-electron chi connectivity index (χ3n) is 8.63.